The average Bonchev–Trinajstić information content (AvgIpc) is 2.85. The monoisotopic (exact) mass is 466 g/mol. The maximum absolute atomic E-state index is 13.6. The summed E-state index contributed by atoms with van der Waals surface area (Å²) >= 11 is 0. The van der Waals surface area contributed by atoms with E-state index >= 15 is 0 Å². The second-order valence-corrected chi connectivity index (χ2v) is 9.30. The van der Waals surface area contributed by atoms with Gasteiger partial charge in [-0.1, -0.05) is 60.2 Å². The fraction of sp³-hybridized carbons (Fsp3) is 0.200. The zero-order valence-electron chi connectivity index (χ0n) is 19.8. The summed E-state index contributed by atoms with van der Waals surface area (Å²) in [7, 11) is 0. The van der Waals surface area contributed by atoms with Crippen LogP contribution in [0, 0.1) is 12.7 Å². The normalized spacial score (nSPS) is 19.8. The largest absolute Gasteiger partial charge is 0.362 e. The highest BCUT2D eigenvalue weighted by Gasteiger charge is 2.40. The average molecular weight is 467 g/mol. The summed E-state index contributed by atoms with van der Waals surface area (Å²) < 4.78 is 13.4. The summed E-state index contributed by atoms with van der Waals surface area (Å²) in [6.45, 7) is 3.89. The molecule has 5 rings (SSSR count). The van der Waals surface area contributed by atoms with Gasteiger partial charge in [-0.25, -0.2) is 4.39 Å². The molecule has 2 N–H and O–H groups in total. The van der Waals surface area contributed by atoms with Crippen molar-refractivity contribution in [3.8, 4) is 0 Å². The summed E-state index contributed by atoms with van der Waals surface area (Å²) in [5.41, 5.74) is 6.42. The number of carbonyl (C=O) groups excluding carboxylic acids is 2. The Balaban J connectivity index is 1.55. The number of nitrogens with one attached hydrogen (secondary N) is 2. The van der Waals surface area contributed by atoms with Crippen molar-refractivity contribution >= 4 is 17.4 Å². The summed E-state index contributed by atoms with van der Waals surface area (Å²) in [6.07, 6.45) is 1.11. The Morgan fingerprint density at radius 3 is 2.26 bits per heavy atom. The maximum atomic E-state index is 13.6. The van der Waals surface area contributed by atoms with E-state index in [1.807, 2.05) is 56.3 Å². The molecule has 176 valence electrons. The van der Waals surface area contributed by atoms with Crippen LogP contribution in [-0.2, 0) is 9.59 Å². The third-order valence-electron chi connectivity index (χ3n) is 6.86. The maximum Gasteiger partial charge on any atom is 0.254 e. The summed E-state index contributed by atoms with van der Waals surface area (Å²) in [4.78, 5) is 27.2. The van der Waals surface area contributed by atoms with E-state index in [9.17, 15) is 14.0 Å². The Morgan fingerprint density at radius 1 is 0.886 bits per heavy atom. The molecule has 4 nitrogen and oxygen atoms in total. The molecule has 2 aliphatic rings. The van der Waals surface area contributed by atoms with Crippen LogP contribution in [-0.4, -0.2) is 11.7 Å². The molecule has 0 aromatic heterocycles. The summed E-state index contributed by atoms with van der Waals surface area (Å²) in [5, 5.41) is 6.29. The molecule has 1 aliphatic carbocycles. The van der Waals surface area contributed by atoms with E-state index in [0.717, 1.165) is 28.1 Å². The van der Waals surface area contributed by atoms with Gasteiger partial charge in [0.05, 0.1) is 0 Å². The molecule has 0 fully saturated rings. The van der Waals surface area contributed by atoms with Crippen molar-refractivity contribution in [2.75, 3.05) is 5.32 Å². The highest BCUT2D eigenvalue weighted by molar-refractivity contribution is 6.10. The van der Waals surface area contributed by atoms with Crippen molar-refractivity contribution in [2.45, 2.75) is 38.5 Å². The van der Waals surface area contributed by atoms with Crippen LogP contribution < -0.4 is 10.6 Å². The number of carbonyl (C=O) groups is 2. The van der Waals surface area contributed by atoms with Gasteiger partial charge in [0.1, 0.15) is 5.82 Å². The summed E-state index contributed by atoms with van der Waals surface area (Å²) in [6, 6.07) is 23.8. The molecule has 1 aliphatic heterocycles. The second-order valence-electron chi connectivity index (χ2n) is 9.30. The van der Waals surface area contributed by atoms with Gasteiger partial charge < -0.3 is 10.6 Å². The van der Waals surface area contributed by atoms with Crippen LogP contribution in [0.5, 0.6) is 0 Å². The molecule has 0 saturated carbocycles. The molecule has 5 heteroatoms. The number of amides is 1. The third-order valence-corrected chi connectivity index (χ3v) is 6.86. The van der Waals surface area contributed by atoms with E-state index in [1.165, 1.54) is 24.3 Å². The quantitative estimate of drug-likeness (QED) is 0.486. The van der Waals surface area contributed by atoms with Gasteiger partial charge in [0.15, 0.2) is 5.78 Å². The number of hydrogen-bond acceptors (Lipinski definition) is 3. The number of anilines is 1. The smallest absolute Gasteiger partial charge is 0.254 e. The minimum atomic E-state index is -0.475. The van der Waals surface area contributed by atoms with Gasteiger partial charge in [0.2, 0.25) is 0 Å². The van der Waals surface area contributed by atoms with Gasteiger partial charge in [-0.3, -0.25) is 9.59 Å². The zero-order chi connectivity index (χ0) is 24.5. The SMILES string of the molecule is CC1=C(C(=O)Nc2ccc(F)cc2)[C@@H](c2ccc(C)cc2)C2=C(C[C@H](c3ccccc3)CC2=O)N1. The zero-order valence-corrected chi connectivity index (χ0v) is 19.8. The predicted molar refractivity (Wildman–Crippen MR) is 135 cm³/mol. The first-order valence-corrected chi connectivity index (χ1v) is 11.8. The lowest BCUT2D eigenvalue weighted by molar-refractivity contribution is -0.116. The fourth-order valence-corrected chi connectivity index (χ4v) is 5.12. The van der Waals surface area contributed by atoms with Gasteiger partial charge in [-0.05, 0) is 61.6 Å². The van der Waals surface area contributed by atoms with Crippen molar-refractivity contribution in [1.82, 2.24) is 5.32 Å². The van der Waals surface area contributed by atoms with E-state index in [0.29, 0.717) is 29.7 Å². The molecule has 3 aromatic carbocycles. The molecule has 0 unspecified atom stereocenters. The van der Waals surface area contributed by atoms with Crippen LogP contribution in [0.3, 0.4) is 0 Å². The number of aryl methyl sites for hydroxylation is 1. The van der Waals surface area contributed by atoms with Crippen molar-refractivity contribution in [1.29, 1.82) is 0 Å². The van der Waals surface area contributed by atoms with E-state index < -0.39 is 5.92 Å². The van der Waals surface area contributed by atoms with E-state index in [2.05, 4.69) is 22.8 Å². The number of halogens is 1. The lowest BCUT2D eigenvalue weighted by Gasteiger charge is -2.37. The Bertz CT molecular complexity index is 1340. The van der Waals surface area contributed by atoms with Crippen LogP contribution >= 0.6 is 0 Å². The topological polar surface area (TPSA) is 58.2 Å². The number of dihydropyridines is 1. The fourth-order valence-electron chi connectivity index (χ4n) is 5.12. The molecular weight excluding hydrogens is 439 g/mol. The molecule has 0 spiro atoms. The molecule has 3 aromatic rings. The Morgan fingerprint density at radius 2 is 1.57 bits per heavy atom. The number of allylic oxidation sites excluding steroid dienone is 3. The molecule has 0 radical (unpaired) electrons. The van der Waals surface area contributed by atoms with Gasteiger partial charge >= 0.3 is 0 Å². The Labute approximate surface area is 204 Å². The third kappa shape index (κ3) is 4.54. The number of benzene rings is 3. The van der Waals surface area contributed by atoms with Crippen LogP contribution in [0.2, 0.25) is 0 Å². The lowest BCUT2D eigenvalue weighted by atomic mass is 9.71. The molecular formula is C30H27FN2O2. The Kier molecular flexibility index (Phi) is 6.08. The van der Waals surface area contributed by atoms with E-state index in [4.69, 9.17) is 0 Å². The Hall–Kier alpha value is -3.99. The minimum absolute atomic E-state index is 0.0535. The van der Waals surface area contributed by atoms with Crippen molar-refractivity contribution in [3.63, 3.8) is 0 Å². The molecule has 1 heterocycles. The van der Waals surface area contributed by atoms with Gasteiger partial charge in [-0.2, -0.15) is 0 Å². The first kappa shape index (κ1) is 22.8. The number of rotatable bonds is 4. The van der Waals surface area contributed by atoms with Gasteiger partial charge in [-0.15, -0.1) is 0 Å². The minimum Gasteiger partial charge on any atom is -0.362 e. The molecule has 35 heavy (non-hydrogen) atoms. The van der Waals surface area contributed by atoms with Crippen molar-refractivity contribution in [3.05, 3.63) is 124 Å². The standard InChI is InChI=1S/C30H27FN2O2/c1-18-8-10-21(11-9-18)28-27(30(35)33-24-14-12-23(31)13-15-24)19(2)32-25-16-22(17-26(34)29(25)28)20-6-4-3-5-7-20/h3-15,22,28,32H,16-17H2,1-2H3,(H,33,35)/t22-,28+/m0/s1. The molecule has 0 saturated heterocycles. The lowest BCUT2D eigenvalue weighted by Crippen LogP contribution is -2.37. The molecule has 1 amide bonds. The van der Waals surface area contributed by atoms with Gasteiger partial charge in [0.25, 0.3) is 5.91 Å². The number of ketones is 1. The van der Waals surface area contributed by atoms with Crippen LogP contribution in [0.4, 0.5) is 10.1 Å². The van der Waals surface area contributed by atoms with E-state index in [-0.39, 0.29) is 23.4 Å². The van der Waals surface area contributed by atoms with Crippen LogP contribution in [0.15, 0.2) is 101 Å². The number of hydrogen-bond donors (Lipinski definition) is 2. The van der Waals surface area contributed by atoms with Crippen molar-refractivity contribution < 1.29 is 14.0 Å². The van der Waals surface area contributed by atoms with Crippen LogP contribution in [0.25, 0.3) is 0 Å². The first-order valence-electron chi connectivity index (χ1n) is 11.8. The van der Waals surface area contributed by atoms with Crippen molar-refractivity contribution in [2.24, 2.45) is 0 Å². The van der Waals surface area contributed by atoms with E-state index in [1.54, 1.807) is 0 Å². The van der Waals surface area contributed by atoms with Crippen LogP contribution in [0.1, 0.15) is 48.3 Å². The summed E-state index contributed by atoms with van der Waals surface area (Å²) in [5.74, 6) is -1.01. The first-order chi connectivity index (χ1) is 16.9. The molecule has 0 bridgehead atoms. The number of Topliss-reactive ketones (excluding diaryl/α,β-unsaturated/α-hetero) is 1. The second kappa shape index (κ2) is 9.34. The van der Waals surface area contributed by atoms with Gasteiger partial charge in [0, 0.05) is 40.6 Å². The molecule has 2 atom stereocenters. The highest BCUT2D eigenvalue weighted by atomic mass is 19.1. The predicted octanol–water partition coefficient (Wildman–Crippen LogP) is 6.13. The highest BCUT2D eigenvalue weighted by Crippen LogP contribution is 2.45.